The molecule has 0 saturated carbocycles. The highest BCUT2D eigenvalue weighted by Gasteiger charge is 2.16. The third-order valence-electron chi connectivity index (χ3n) is 2.56. The van der Waals surface area contributed by atoms with Crippen LogP contribution in [0.4, 0.5) is 22.0 Å². The number of pyridine rings is 2. The number of nitrogens with zero attached hydrogens (tertiary/aromatic N) is 3. The van der Waals surface area contributed by atoms with Gasteiger partial charge in [0.15, 0.2) is 0 Å². The van der Waals surface area contributed by atoms with E-state index in [1.54, 1.807) is 30.5 Å². The van der Waals surface area contributed by atoms with Gasteiger partial charge in [-0.05, 0) is 45.0 Å². The lowest BCUT2D eigenvalue weighted by molar-refractivity contribution is 0.0636. The van der Waals surface area contributed by atoms with Crippen molar-refractivity contribution in [1.29, 1.82) is 0 Å². The molecule has 0 fully saturated rings. The zero-order valence-corrected chi connectivity index (χ0v) is 14.5. The zero-order valence-electron chi connectivity index (χ0n) is 14.5. The molecule has 0 aromatic carbocycles. The van der Waals surface area contributed by atoms with Gasteiger partial charge >= 0.3 is 6.09 Å². The molecule has 25 heavy (non-hydrogen) atoms. The molecular formula is C17H22N6O2. The summed E-state index contributed by atoms with van der Waals surface area (Å²) in [6, 6.07) is 6.73. The van der Waals surface area contributed by atoms with Crippen molar-refractivity contribution >= 4 is 23.3 Å². The van der Waals surface area contributed by atoms with Crippen molar-refractivity contribution in [2.45, 2.75) is 32.9 Å². The van der Waals surface area contributed by atoms with Gasteiger partial charge < -0.3 is 21.0 Å². The molecule has 2 rings (SSSR count). The Bertz CT molecular complexity index is 715. The number of rotatable bonds is 2. The van der Waals surface area contributed by atoms with Crippen LogP contribution in [-0.2, 0) is 11.3 Å². The summed E-state index contributed by atoms with van der Waals surface area (Å²) in [7, 11) is 0. The first-order valence-electron chi connectivity index (χ1n) is 7.47. The predicted octanol–water partition coefficient (Wildman–Crippen LogP) is 3.10. The number of anilines is 2. The van der Waals surface area contributed by atoms with Crippen molar-refractivity contribution in [1.82, 2.24) is 9.97 Å². The average Bonchev–Trinajstić information content (AvgIpc) is 2.55. The minimum Gasteiger partial charge on any atom is -0.444 e. The quantitative estimate of drug-likeness (QED) is 0.721. The highest BCUT2D eigenvalue weighted by atomic mass is 16.6. The Hall–Kier alpha value is -3.18. The van der Waals surface area contributed by atoms with Crippen LogP contribution in [0.5, 0.6) is 0 Å². The molecule has 0 aliphatic rings. The van der Waals surface area contributed by atoms with E-state index in [4.69, 9.17) is 22.8 Å². The molecule has 0 saturated heterocycles. The van der Waals surface area contributed by atoms with E-state index in [2.05, 4.69) is 20.1 Å². The van der Waals surface area contributed by atoms with Crippen LogP contribution in [-0.4, -0.2) is 21.7 Å². The molecule has 5 N–H and O–H groups in total. The van der Waals surface area contributed by atoms with E-state index in [-0.39, 0.29) is 0 Å². The lowest BCUT2D eigenvalue weighted by Gasteiger charge is -2.19. The van der Waals surface area contributed by atoms with Gasteiger partial charge in [0, 0.05) is 6.54 Å². The Morgan fingerprint density at radius 1 is 1.24 bits per heavy atom. The van der Waals surface area contributed by atoms with Gasteiger partial charge in [0.25, 0.3) is 5.82 Å². The summed E-state index contributed by atoms with van der Waals surface area (Å²) >= 11 is 0. The number of carbonyl (C=O) groups excluding carboxylic acids is 1. The lowest BCUT2D eigenvalue weighted by atomic mass is 10.2. The van der Waals surface area contributed by atoms with Crippen molar-refractivity contribution in [3.8, 4) is 0 Å². The van der Waals surface area contributed by atoms with Crippen molar-refractivity contribution in [3.63, 3.8) is 0 Å². The Balaban J connectivity index is 0.000000293. The first kappa shape index (κ1) is 19.9. The molecule has 2 heterocycles. The van der Waals surface area contributed by atoms with Crippen LogP contribution >= 0.6 is 0 Å². The van der Waals surface area contributed by atoms with Gasteiger partial charge in [0.2, 0.25) is 0 Å². The summed E-state index contributed by atoms with van der Waals surface area (Å²) in [6.45, 7) is 12.3. The van der Waals surface area contributed by atoms with E-state index < -0.39 is 11.7 Å². The Labute approximate surface area is 147 Å². The summed E-state index contributed by atoms with van der Waals surface area (Å²) in [5, 5.41) is 2.59. The van der Waals surface area contributed by atoms with Crippen LogP contribution in [0.3, 0.4) is 0 Å². The Kier molecular flexibility index (Phi) is 7.31. The molecule has 8 heteroatoms. The number of hydrogen-bond acceptors (Lipinski definition) is 6. The van der Waals surface area contributed by atoms with Gasteiger partial charge in [-0.2, -0.15) is 0 Å². The molecule has 8 nitrogen and oxygen atoms in total. The molecule has 0 atom stereocenters. The molecule has 132 valence electrons. The molecule has 2 aromatic rings. The molecule has 0 aliphatic carbocycles. The number of amides is 1. The molecular weight excluding hydrogens is 320 g/mol. The summed E-state index contributed by atoms with van der Waals surface area (Å²) in [6.07, 6.45) is 2.52. The molecule has 2 aromatic heterocycles. The van der Waals surface area contributed by atoms with Crippen LogP contribution in [0.15, 0.2) is 36.7 Å². The maximum absolute atomic E-state index is 11.4. The highest BCUT2D eigenvalue weighted by Crippen LogP contribution is 2.11. The second-order valence-electron chi connectivity index (χ2n) is 5.93. The maximum Gasteiger partial charge on any atom is 0.412 e. The molecule has 0 unspecified atom stereocenters. The van der Waals surface area contributed by atoms with E-state index in [9.17, 15) is 4.79 Å². The number of nitrogen functional groups attached to an aromatic ring is 1. The van der Waals surface area contributed by atoms with Crippen molar-refractivity contribution in [2.75, 3.05) is 11.1 Å². The predicted molar refractivity (Wildman–Crippen MR) is 96.9 cm³/mol. The van der Waals surface area contributed by atoms with Gasteiger partial charge in [0.05, 0.1) is 23.3 Å². The highest BCUT2D eigenvalue weighted by molar-refractivity contribution is 5.84. The summed E-state index contributed by atoms with van der Waals surface area (Å²) in [4.78, 5) is 22.3. The number of hydrogen-bond donors (Lipinski definition) is 3. The third kappa shape index (κ3) is 8.29. The SMILES string of the molecule is CC(C)(C)OC(=O)Nc1ccc(CN)nc1.[C-]#[N+]c1ccc(N)cn1. The van der Waals surface area contributed by atoms with Gasteiger partial charge in [-0.3, -0.25) is 10.3 Å². The zero-order chi connectivity index (χ0) is 18.9. The van der Waals surface area contributed by atoms with Crippen LogP contribution in [0.2, 0.25) is 0 Å². The Morgan fingerprint density at radius 3 is 2.40 bits per heavy atom. The topological polar surface area (TPSA) is 121 Å². The molecule has 0 bridgehead atoms. The first-order valence-corrected chi connectivity index (χ1v) is 7.47. The number of nitrogens with one attached hydrogen (secondary N) is 1. The van der Waals surface area contributed by atoms with Crippen LogP contribution < -0.4 is 16.8 Å². The average molecular weight is 342 g/mol. The largest absolute Gasteiger partial charge is 0.444 e. The van der Waals surface area contributed by atoms with Crippen molar-refractivity contribution in [3.05, 3.63) is 53.8 Å². The van der Waals surface area contributed by atoms with Crippen LogP contribution in [0, 0.1) is 6.57 Å². The van der Waals surface area contributed by atoms with E-state index in [0.717, 1.165) is 5.69 Å². The lowest BCUT2D eigenvalue weighted by Crippen LogP contribution is -2.27. The number of carbonyl (C=O) groups is 1. The monoisotopic (exact) mass is 342 g/mol. The van der Waals surface area contributed by atoms with E-state index in [1.807, 2.05) is 20.8 Å². The maximum atomic E-state index is 11.4. The molecule has 0 aliphatic heterocycles. The number of aromatic nitrogens is 2. The smallest absolute Gasteiger partial charge is 0.412 e. The minimum absolute atomic E-state index is 0.379. The van der Waals surface area contributed by atoms with Crippen molar-refractivity contribution < 1.29 is 9.53 Å². The third-order valence-corrected chi connectivity index (χ3v) is 2.56. The molecule has 0 radical (unpaired) electrons. The van der Waals surface area contributed by atoms with Crippen molar-refractivity contribution in [2.24, 2.45) is 5.73 Å². The summed E-state index contributed by atoms with van der Waals surface area (Å²) < 4.78 is 5.10. The fraction of sp³-hybridized carbons (Fsp3) is 0.294. The summed E-state index contributed by atoms with van der Waals surface area (Å²) in [5.74, 6) is 0.379. The van der Waals surface area contributed by atoms with Gasteiger partial charge in [-0.25, -0.2) is 4.79 Å². The summed E-state index contributed by atoms with van der Waals surface area (Å²) in [5.41, 5.74) is 12.2. The normalized spacial score (nSPS) is 10.0. The second-order valence-corrected chi connectivity index (χ2v) is 5.93. The Morgan fingerprint density at radius 2 is 1.96 bits per heavy atom. The van der Waals surface area contributed by atoms with Crippen LogP contribution in [0.1, 0.15) is 26.5 Å². The number of ether oxygens (including phenoxy) is 1. The fourth-order valence-electron chi connectivity index (χ4n) is 1.50. The minimum atomic E-state index is -0.505. The molecule has 1 amide bonds. The van der Waals surface area contributed by atoms with E-state index in [1.165, 1.54) is 6.20 Å². The number of nitrogens with two attached hydrogens (primary N) is 2. The standard InChI is InChI=1S/C11H17N3O2.C6H5N3/c1-11(2,3)16-10(15)14-9-5-4-8(6-12)13-7-9;1-8-6-3-2-5(7)4-9-6/h4-5,7H,6,12H2,1-3H3,(H,14,15);2-4H,7H2. The van der Waals surface area contributed by atoms with Gasteiger partial charge in [0.1, 0.15) is 11.8 Å². The van der Waals surface area contributed by atoms with E-state index >= 15 is 0 Å². The first-order chi connectivity index (χ1) is 11.7. The van der Waals surface area contributed by atoms with Gasteiger partial charge in [-0.1, -0.05) is 6.57 Å². The van der Waals surface area contributed by atoms with Crippen LogP contribution in [0.25, 0.3) is 4.85 Å². The molecule has 0 spiro atoms. The fourth-order valence-corrected chi connectivity index (χ4v) is 1.50. The van der Waals surface area contributed by atoms with Gasteiger partial charge in [-0.15, -0.1) is 4.98 Å². The second kappa shape index (κ2) is 9.20. The van der Waals surface area contributed by atoms with E-state index in [0.29, 0.717) is 23.7 Å².